The second kappa shape index (κ2) is 6.39. The molecule has 1 heterocycles. The number of esters is 1. The van der Waals surface area contributed by atoms with Crippen LogP contribution < -0.4 is 0 Å². The lowest BCUT2D eigenvalue weighted by Crippen LogP contribution is -2.38. The van der Waals surface area contributed by atoms with Crippen LogP contribution in [-0.2, 0) is 19.1 Å². The van der Waals surface area contributed by atoms with E-state index in [9.17, 15) is 14.4 Å². The maximum Gasteiger partial charge on any atom is 0.326 e. The van der Waals surface area contributed by atoms with Crippen molar-refractivity contribution < 1.29 is 19.1 Å². The Labute approximate surface area is 131 Å². The van der Waals surface area contributed by atoms with Crippen molar-refractivity contribution in [1.29, 1.82) is 0 Å². The molecule has 122 valence electrons. The van der Waals surface area contributed by atoms with Gasteiger partial charge in [0.05, 0.1) is 11.8 Å². The number of carbonyl (C=O) groups is 3. The first-order valence-electron chi connectivity index (χ1n) is 8.61. The van der Waals surface area contributed by atoms with E-state index in [1.807, 2.05) is 0 Å². The van der Waals surface area contributed by atoms with Gasteiger partial charge in [-0.05, 0) is 38.0 Å². The number of rotatable bonds is 3. The van der Waals surface area contributed by atoms with E-state index in [4.69, 9.17) is 4.74 Å². The van der Waals surface area contributed by atoms with Crippen LogP contribution in [0, 0.1) is 17.8 Å². The summed E-state index contributed by atoms with van der Waals surface area (Å²) in [7, 11) is 0. The molecule has 0 spiro atoms. The molecule has 5 nitrogen and oxygen atoms in total. The van der Waals surface area contributed by atoms with Crippen LogP contribution in [0.4, 0.5) is 0 Å². The van der Waals surface area contributed by atoms with Crippen LogP contribution in [-0.4, -0.2) is 35.3 Å². The van der Waals surface area contributed by atoms with Crippen LogP contribution in [0.25, 0.3) is 0 Å². The fourth-order valence-corrected chi connectivity index (χ4v) is 4.22. The SMILES string of the molecule is CC1CCCC(OC(=O)CN2C(=O)C3CCCCC3C2=O)C1. The summed E-state index contributed by atoms with van der Waals surface area (Å²) < 4.78 is 5.49. The topological polar surface area (TPSA) is 63.7 Å². The van der Waals surface area contributed by atoms with E-state index < -0.39 is 5.97 Å². The lowest BCUT2D eigenvalue weighted by molar-refractivity contribution is -0.158. The first kappa shape index (κ1) is 15.5. The minimum atomic E-state index is -0.431. The minimum Gasteiger partial charge on any atom is -0.461 e. The molecule has 0 bridgehead atoms. The molecule has 3 aliphatic rings. The number of ether oxygens (including phenoxy) is 1. The molecule has 1 saturated heterocycles. The Morgan fingerprint density at radius 1 is 1.05 bits per heavy atom. The van der Waals surface area contributed by atoms with Crippen LogP contribution >= 0.6 is 0 Å². The summed E-state index contributed by atoms with van der Waals surface area (Å²) in [4.78, 5) is 37.9. The predicted octanol–water partition coefficient (Wildman–Crippen LogP) is 2.28. The monoisotopic (exact) mass is 307 g/mol. The average molecular weight is 307 g/mol. The number of amides is 2. The number of nitrogens with zero attached hydrogens (tertiary/aromatic N) is 1. The van der Waals surface area contributed by atoms with Gasteiger partial charge in [0, 0.05) is 0 Å². The van der Waals surface area contributed by atoms with Crippen LogP contribution in [0.5, 0.6) is 0 Å². The number of hydrogen-bond donors (Lipinski definition) is 0. The van der Waals surface area contributed by atoms with Crippen LogP contribution in [0.1, 0.15) is 58.3 Å². The van der Waals surface area contributed by atoms with E-state index in [0.29, 0.717) is 5.92 Å². The summed E-state index contributed by atoms with van der Waals surface area (Å²) in [6.45, 7) is 1.97. The minimum absolute atomic E-state index is 0.0497. The molecule has 4 atom stereocenters. The highest BCUT2D eigenvalue weighted by atomic mass is 16.5. The lowest BCUT2D eigenvalue weighted by atomic mass is 9.81. The second-order valence-corrected chi connectivity index (χ2v) is 7.14. The van der Waals surface area contributed by atoms with Gasteiger partial charge in [0.2, 0.25) is 11.8 Å². The largest absolute Gasteiger partial charge is 0.461 e. The highest BCUT2D eigenvalue weighted by Gasteiger charge is 2.48. The molecule has 2 saturated carbocycles. The molecule has 2 aliphatic carbocycles. The Hall–Kier alpha value is -1.39. The zero-order valence-corrected chi connectivity index (χ0v) is 13.3. The van der Waals surface area contributed by atoms with Gasteiger partial charge in [-0.3, -0.25) is 19.3 Å². The standard InChI is InChI=1S/C17H25NO4/c1-11-5-4-6-12(9-11)22-15(19)10-18-16(20)13-7-2-3-8-14(13)17(18)21/h11-14H,2-10H2,1H3. The van der Waals surface area contributed by atoms with E-state index in [0.717, 1.165) is 49.8 Å². The molecule has 5 heteroatoms. The summed E-state index contributed by atoms with van der Waals surface area (Å²) in [5.74, 6) is -0.566. The summed E-state index contributed by atoms with van der Waals surface area (Å²) in [5.41, 5.74) is 0. The Bertz CT molecular complexity index is 451. The molecule has 3 rings (SSSR count). The van der Waals surface area contributed by atoms with Gasteiger partial charge in [-0.2, -0.15) is 0 Å². The smallest absolute Gasteiger partial charge is 0.326 e. The fourth-order valence-electron chi connectivity index (χ4n) is 4.22. The van der Waals surface area contributed by atoms with E-state index in [2.05, 4.69) is 6.92 Å². The Morgan fingerprint density at radius 3 is 2.27 bits per heavy atom. The third-order valence-electron chi connectivity index (χ3n) is 5.41. The molecular formula is C17H25NO4. The molecule has 1 aliphatic heterocycles. The van der Waals surface area contributed by atoms with Crippen LogP contribution in [0.3, 0.4) is 0 Å². The third-order valence-corrected chi connectivity index (χ3v) is 5.41. The van der Waals surface area contributed by atoms with E-state index in [1.54, 1.807) is 0 Å². The first-order chi connectivity index (χ1) is 10.6. The highest BCUT2D eigenvalue weighted by molar-refractivity contribution is 6.07. The fraction of sp³-hybridized carbons (Fsp3) is 0.824. The van der Waals surface area contributed by atoms with E-state index in [-0.39, 0.29) is 36.3 Å². The van der Waals surface area contributed by atoms with Gasteiger partial charge in [-0.15, -0.1) is 0 Å². The highest BCUT2D eigenvalue weighted by Crippen LogP contribution is 2.38. The summed E-state index contributed by atoms with van der Waals surface area (Å²) >= 11 is 0. The zero-order valence-electron chi connectivity index (χ0n) is 13.3. The van der Waals surface area contributed by atoms with Gasteiger partial charge in [0.1, 0.15) is 12.6 Å². The molecule has 0 aromatic carbocycles. The molecule has 0 aromatic heterocycles. The Kier molecular flexibility index (Phi) is 4.50. The van der Waals surface area contributed by atoms with Crippen molar-refractivity contribution in [3.05, 3.63) is 0 Å². The summed E-state index contributed by atoms with van der Waals surface area (Å²) in [6, 6.07) is 0. The number of imide groups is 1. The van der Waals surface area contributed by atoms with Crippen molar-refractivity contribution in [3.8, 4) is 0 Å². The molecule has 0 aromatic rings. The van der Waals surface area contributed by atoms with Crippen molar-refractivity contribution >= 4 is 17.8 Å². The van der Waals surface area contributed by atoms with Crippen LogP contribution in [0.2, 0.25) is 0 Å². The zero-order chi connectivity index (χ0) is 15.7. The maximum absolute atomic E-state index is 12.3. The molecular weight excluding hydrogens is 282 g/mol. The van der Waals surface area contributed by atoms with Gasteiger partial charge in [0.15, 0.2) is 0 Å². The van der Waals surface area contributed by atoms with E-state index in [1.165, 1.54) is 6.42 Å². The number of hydrogen-bond acceptors (Lipinski definition) is 4. The lowest BCUT2D eigenvalue weighted by Gasteiger charge is -2.27. The van der Waals surface area contributed by atoms with Crippen molar-refractivity contribution in [1.82, 2.24) is 4.90 Å². The van der Waals surface area contributed by atoms with Crippen LogP contribution in [0.15, 0.2) is 0 Å². The van der Waals surface area contributed by atoms with Crippen molar-refractivity contribution in [3.63, 3.8) is 0 Å². The maximum atomic E-state index is 12.3. The van der Waals surface area contributed by atoms with E-state index >= 15 is 0 Å². The quantitative estimate of drug-likeness (QED) is 0.593. The number of carbonyl (C=O) groups excluding carboxylic acids is 3. The Morgan fingerprint density at radius 2 is 1.68 bits per heavy atom. The first-order valence-corrected chi connectivity index (χ1v) is 8.61. The molecule has 2 amide bonds. The third kappa shape index (κ3) is 3.03. The Balaban J connectivity index is 1.57. The van der Waals surface area contributed by atoms with Crippen molar-refractivity contribution in [2.45, 2.75) is 64.4 Å². The molecule has 4 unspecified atom stereocenters. The van der Waals surface area contributed by atoms with Gasteiger partial charge >= 0.3 is 5.97 Å². The van der Waals surface area contributed by atoms with Gasteiger partial charge in [-0.1, -0.05) is 26.2 Å². The summed E-state index contributed by atoms with van der Waals surface area (Å²) in [6.07, 6.45) is 7.54. The molecule has 0 N–H and O–H groups in total. The molecule has 3 fully saturated rings. The van der Waals surface area contributed by atoms with Gasteiger partial charge in [0.25, 0.3) is 0 Å². The van der Waals surface area contributed by atoms with Gasteiger partial charge in [-0.25, -0.2) is 0 Å². The molecule has 22 heavy (non-hydrogen) atoms. The number of fused-ring (bicyclic) bond motifs is 1. The normalized spacial score (nSPS) is 35.4. The van der Waals surface area contributed by atoms with Crippen molar-refractivity contribution in [2.75, 3.05) is 6.54 Å². The summed E-state index contributed by atoms with van der Waals surface area (Å²) in [5, 5.41) is 0. The second-order valence-electron chi connectivity index (χ2n) is 7.14. The van der Waals surface area contributed by atoms with Crippen molar-refractivity contribution in [2.24, 2.45) is 17.8 Å². The number of likely N-dealkylation sites (tertiary alicyclic amines) is 1. The van der Waals surface area contributed by atoms with Gasteiger partial charge < -0.3 is 4.74 Å². The average Bonchev–Trinajstić information content (AvgIpc) is 2.73. The molecule has 0 radical (unpaired) electrons. The predicted molar refractivity (Wildman–Crippen MR) is 79.7 cm³/mol.